The Labute approximate surface area is 140 Å². The molecule has 0 saturated heterocycles. The summed E-state index contributed by atoms with van der Waals surface area (Å²) >= 11 is 0. The Hall–Kier alpha value is -2.46. The van der Waals surface area contributed by atoms with Crippen LogP contribution in [0.25, 0.3) is 0 Å². The van der Waals surface area contributed by atoms with E-state index in [1.54, 1.807) is 27.7 Å². The van der Waals surface area contributed by atoms with Gasteiger partial charge in [0, 0.05) is 25.2 Å². The van der Waals surface area contributed by atoms with Crippen molar-refractivity contribution in [3.05, 3.63) is 12.2 Å². The molecule has 0 bridgehead atoms. The number of rotatable bonds is 6. The molecule has 0 aliphatic carbocycles. The van der Waals surface area contributed by atoms with Gasteiger partial charge in [-0.2, -0.15) is 0 Å². The van der Waals surface area contributed by atoms with Crippen LogP contribution in [0.2, 0.25) is 0 Å². The monoisotopic (exact) mass is 348 g/mol. The summed E-state index contributed by atoms with van der Waals surface area (Å²) in [5.74, 6) is -3.21. The Morgan fingerprint density at radius 1 is 0.750 bits per heavy atom. The minimum atomic E-state index is -1.26. The third-order valence-electron chi connectivity index (χ3n) is 2.72. The van der Waals surface area contributed by atoms with Gasteiger partial charge >= 0.3 is 11.9 Å². The second-order valence-electron chi connectivity index (χ2n) is 5.91. The predicted molar refractivity (Wildman–Crippen MR) is 88.5 cm³/mol. The number of amides is 2. The molecule has 0 saturated carbocycles. The molecule has 24 heavy (non-hydrogen) atoms. The highest BCUT2D eigenvalue weighted by Crippen LogP contribution is 2.10. The number of hydrogen-bond donors (Lipinski definition) is 6. The van der Waals surface area contributed by atoms with E-state index < -0.39 is 22.8 Å². The normalized spacial score (nSPS) is 10.8. The molecule has 10 nitrogen and oxygen atoms in total. The van der Waals surface area contributed by atoms with Crippen LogP contribution in [0, 0.1) is 10.8 Å². The molecule has 10 heteroatoms. The fraction of sp³-hybridized carbons (Fsp3) is 0.571. The standard InChI is InChI=1S/2C5H12N2O.C4H4O4/c2*1-5(2,3-6)4(7)8;5-3(6)1-2-4(7)8/h2*3,6H2,1-2H3,(H2,7,8);1-2H,(H,5,6)(H,7,8)/b;;2-1+. The Morgan fingerprint density at radius 3 is 1.00 bits per heavy atom. The van der Waals surface area contributed by atoms with Gasteiger partial charge in [-0.25, -0.2) is 9.59 Å². The molecule has 0 aliphatic rings. The lowest BCUT2D eigenvalue weighted by Gasteiger charge is -2.16. The van der Waals surface area contributed by atoms with Gasteiger partial charge in [0.15, 0.2) is 0 Å². The van der Waals surface area contributed by atoms with E-state index >= 15 is 0 Å². The lowest BCUT2D eigenvalue weighted by Crippen LogP contribution is -2.37. The first-order valence-electron chi connectivity index (χ1n) is 6.78. The third-order valence-corrected chi connectivity index (χ3v) is 2.72. The Balaban J connectivity index is -0.000000276. The molecule has 0 aliphatic heterocycles. The fourth-order valence-electron chi connectivity index (χ4n) is 0.344. The molecule has 2 amide bonds. The van der Waals surface area contributed by atoms with E-state index in [4.69, 9.17) is 33.1 Å². The summed E-state index contributed by atoms with van der Waals surface area (Å²) in [5, 5.41) is 15.6. The van der Waals surface area contributed by atoms with Crippen molar-refractivity contribution < 1.29 is 29.4 Å². The molecular weight excluding hydrogens is 320 g/mol. The van der Waals surface area contributed by atoms with Crippen LogP contribution in [0.1, 0.15) is 27.7 Å². The van der Waals surface area contributed by atoms with Crippen molar-refractivity contribution in [3.8, 4) is 0 Å². The van der Waals surface area contributed by atoms with Crippen molar-refractivity contribution in [2.45, 2.75) is 27.7 Å². The first-order chi connectivity index (χ1) is 10.6. The molecule has 0 fully saturated rings. The van der Waals surface area contributed by atoms with Crippen LogP contribution in [-0.4, -0.2) is 47.1 Å². The average Bonchev–Trinajstić information content (AvgIpc) is 2.46. The molecule has 10 N–H and O–H groups in total. The molecule has 0 atom stereocenters. The van der Waals surface area contributed by atoms with Gasteiger partial charge in [0.2, 0.25) is 11.8 Å². The molecule has 0 aromatic carbocycles. The van der Waals surface area contributed by atoms with Crippen LogP contribution in [0.15, 0.2) is 12.2 Å². The summed E-state index contributed by atoms with van der Waals surface area (Å²) in [6, 6.07) is 0. The molecular formula is C14H28N4O6. The highest BCUT2D eigenvalue weighted by Gasteiger charge is 2.22. The highest BCUT2D eigenvalue weighted by atomic mass is 16.4. The van der Waals surface area contributed by atoms with Gasteiger partial charge in [-0.3, -0.25) is 9.59 Å². The fourth-order valence-corrected chi connectivity index (χ4v) is 0.344. The van der Waals surface area contributed by atoms with Crippen molar-refractivity contribution in [1.82, 2.24) is 0 Å². The summed E-state index contributed by atoms with van der Waals surface area (Å²) < 4.78 is 0. The number of carboxylic acids is 2. The van der Waals surface area contributed by atoms with E-state index in [0.717, 1.165) is 0 Å². The Kier molecular flexibility index (Phi) is 13.2. The summed E-state index contributed by atoms with van der Waals surface area (Å²) in [7, 11) is 0. The number of nitrogens with two attached hydrogens (primary N) is 4. The number of primary amides is 2. The van der Waals surface area contributed by atoms with E-state index in [0.29, 0.717) is 25.2 Å². The molecule has 0 spiro atoms. The number of carbonyl (C=O) groups is 4. The number of hydrogen-bond acceptors (Lipinski definition) is 6. The molecule has 140 valence electrons. The maximum Gasteiger partial charge on any atom is 0.328 e. The minimum absolute atomic E-state index is 0.308. The van der Waals surface area contributed by atoms with Gasteiger partial charge in [0.25, 0.3) is 0 Å². The van der Waals surface area contributed by atoms with Gasteiger partial charge in [0.05, 0.1) is 10.8 Å². The van der Waals surface area contributed by atoms with Crippen molar-refractivity contribution in [2.75, 3.05) is 13.1 Å². The van der Waals surface area contributed by atoms with Crippen LogP contribution in [0.4, 0.5) is 0 Å². The van der Waals surface area contributed by atoms with E-state index in [1.807, 2.05) is 0 Å². The summed E-state index contributed by atoms with van der Waals surface area (Å²) in [6.45, 7) is 7.49. The van der Waals surface area contributed by atoms with E-state index in [-0.39, 0.29) is 11.8 Å². The van der Waals surface area contributed by atoms with Gasteiger partial charge in [-0.15, -0.1) is 0 Å². The number of carbonyl (C=O) groups excluding carboxylic acids is 2. The van der Waals surface area contributed by atoms with Crippen LogP contribution >= 0.6 is 0 Å². The first-order valence-corrected chi connectivity index (χ1v) is 6.78. The predicted octanol–water partition coefficient (Wildman–Crippen LogP) is -1.37. The van der Waals surface area contributed by atoms with Crippen molar-refractivity contribution in [2.24, 2.45) is 33.8 Å². The largest absolute Gasteiger partial charge is 0.478 e. The SMILES string of the molecule is CC(C)(CN)C(N)=O.CC(C)(CN)C(N)=O.O=C(O)/C=C/C(=O)O. The lowest BCUT2D eigenvalue weighted by molar-refractivity contribution is -0.134. The average molecular weight is 348 g/mol. The molecule has 0 aromatic heterocycles. The zero-order valence-corrected chi connectivity index (χ0v) is 14.4. The van der Waals surface area contributed by atoms with Crippen molar-refractivity contribution in [3.63, 3.8) is 0 Å². The second-order valence-corrected chi connectivity index (χ2v) is 5.91. The molecule has 0 unspecified atom stereocenters. The first kappa shape index (κ1) is 26.4. The topological polar surface area (TPSA) is 213 Å². The highest BCUT2D eigenvalue weighted by molar-refractivity contribution is 5.89. The summed E-state index contributed by atoms with van der Waals surface area (Å²) in [6.07, 6.45) is 1.12. The van der Waals surface area contributed by atoms with Gasteiger partial charge in [0.1, 0.15) is 0 Å². The van der Waals surface area contributed by atoms with Crippen molar-refractivity contribution in [1.29, 1.82) is 0 Å². The maximum absolute atomic E-state index is 10.4. The minimum Gasteiger partial charge on any atom is -0.478 e. The molecule has 0 aromatic rings. The smallest absolute Gasteiger partial charge is 0.328 e. The maximum atomic E-state index is 10.4. The van der Waals surface area contributed by atoms with Gasteiger partial charge < -0.3 is 33.1 Å². The summed E-state index contributed by atoms with van der Waals surface area (Å²) in [5.41, 5.74) is 19.3. The zero-order chi connectivity index (χ0) is 20.1. The second kappa shape index (κ2) is 12.0. The number of carboxylic acid groups (broad SMARTS) is 2. The van der Waals surface area contributed by atoms with Gasteiger partial charge in [-0.05, 0) is 27.7 Å². The summed E-state index contributed by atoms with van der Waals surface area (Å²) in [4.78, 5) is 39.9. The number of aliphatic carboxylic acids is 2. The van der Waals surface area contributed by atoms with Crippen LogP contribution < -0.4 is 22.9 Å². The van der Waals surface area contributed by atoms with Gasteiger partial charge in [-0.1, -0.05) is 0 Å². The Morgan fingerprint density at radius 2 is 0.958 bits per heavy atom. The van der Waals surface area contributed by atoms with Crippen LogP contribution in [-0.2, 0) is 19.2 Å². The quantitative estimate of drug-likeness (QED) is 0.314. The zero-order valence-electron chi connectivity index (χ0n) is 14.4. The van der Waals surface area contributed by atoms with Crippen LogP contribution in [0.3, 0.4) is 0 Å². The van der Waals surface area contributed by atoms with E-state index in [2.05, 4.69) is 0 Å². The molecule has 0 rings (SSSR count). The lowest BCUT2D eigenvalue weighted by atomic mass is 9.93. The van der Waals surface area contributed by atoms with E-state index in [9.17, 15) is 19.2 Å². The molecule has 0 heterocycles. The van der Waals surface area contributed by atoms with Crippen LogP contribution in [0.5, 0.6) is 0 Å². The third kappa shape index (κ3) is 15.9. The Bertz CT molecular complexity index is 430. The van der Waals surface area contributed by atoms with E-state index in [1.165, 1.54) is 0 Å². The van der Waals surface area contributed by atoms with Crippen molar-refractivity contribution >= 4 is 23.8 Å². The molecule has 0 radical (unpaired) electrons.